The van der Waals surface area contributed by atoms with Crippen LogP contribution in [-0.2, 0) is 5.75 Å². The van der Waals surface area contributed by atoms with Crippen molar-refractivity contribution in [3.8, 4) is 0 Å². The minimum Gasteiger partial charge on any atom is -0.317 e. The van der Waals surface area contributed by atoms with Crippen LogP contribution in [0.2, 0.25) is 0 Å². The molecule has 0 atom stereocenters. The second-order valence-electron chi connectivity index (χ2n) is 4.00. The fraction of sp³-hybridized carbons (Fsp3) is 0.571. The molecule has 0 aliphatic rings. The summed E-state index contributed by atoms with van der Waals surface area (Å²) in [6.07, 6.45) is 3.87. The first-order valence-corrected chi connectivity index (χ1v) is 7.41. The zero-order valence-electron chi connectivity index (χ0n) is 10.2. The van der Waals surface area contributed by atoms with Crippen molar-refractivity contribution in [1.82, 2.24) is 5.32 Å². The molecule has 1 aromatic rings. The van der Waals surface area contributed by atoms with Crippen LogP contribution in [0.4, 0.5) is 0 Å². The van der Waals surface area contributed by atoms with E-state index in [1.54, 1.807) is 0 Å². The summed E-state index contributed by atoms with van der Waals surface area (Å²) in [5.74, 6) is 2.44. The van der Waals surface area contributed by atoms with Gasteiger partial charge in [-0.05, 0) is 43.7 Å². The molecule has 90 valence electrons. The molecule has 0 aliphatic heterocycles. The predicted octanol–water partition coefficient (Wildman–Crippen LogP) is 3.70. The molecule has 1 nitrogen and oxygen atoms in total. The second kappa shape index (κ2) is 9.73. The van der Waals surface area contributed by atoms with Crippen LogP contribution in [0.3, 0.4) is 0 Å². The lowest BCUT2D eigenvalue weighted by Gasteiger charge is -2.03. The fourth-order valence-electron chi connectivity index (χ4n) is 1.52. The van der Waals surface area contributed by atoms with Gasteiger partial charge in [-0.2, -0.15) is 11.8 Å². The summed E-state index contributed by atoms with van der Waals surface area (Å²) < 4.78 is 0. The predicted molar refractivity (Wildman–Crippen MR) is 75.0 cm³/mol. The molecular formula is C14H23NS. The Morgan fingerprint density at radius 2 is 1.88 bits per heavy atom. The van der Waals surface area contributed by atoms with Gasteiger partial charge >= 0.3 is 0 Å². The van der Waals surface area contributed by atoms with E-state index in [1.165, 1.54) is 37.1 Å². The maximum Gasteiger partial charge on any atom is 0.0184 e. The summed E-state index contributed by atoms with van der Waals surface area (Å²) in [4.78, 5) is 0. The van der Waals surface area contributed by atoms with Crippen molar-refractivity contribution in [1.29, 1.82) is 0 Å². The van der Waals surface area contributed by atoms with Crippen molar-refractivity contribution in [2.75, 3.05) is 18.8 Å². The number of nitrogens with one attached hydrogen (secondary N) is 1. The molecule has 0 spiro atoms. The second-order valence-corrected chi connectivity index (χ2v) is 5.10. The quantitative estimate of drug-likeness (QED) is 0.657. The van der Waals surface area contributed by atoms with Crippen molar-refractivity contribution in [3.05, 3.63) is 35.9 Å². The van der Waals surface area contributed by atoms with Crippen LogP contribution in [-0.4, -0.2) is 18.8 Å². The first kappa shape index (κ1) is 13.6. The van der Waals surface area contributed by atoms with Crippen molar-refractivity contribution in [3.63, 3.8) is 0 Å². The Hall–Kier alpha value is -0.470. The van der Waals surface area contributed by atoms with Gasteiger partial charge in [-0.1, -0.05) is 37.3 Å². The molecule has 0 heterocycles. The highest BCUT2D eigenvalue weighted by molar-refractivity contribution is 7.98. The van der Waals surface area contributed by atoms with Crippen molar-refractivity contribution < 1.29 is 0 Å². The van der Waals surface area contributed by atoms with Crippen molar-refractivity contribution in [2.45, 2.75) is 31.9 Å². The van der Waals surface area contributed by atoms with Crippen molar-refractivity contribution in [2.24, 2.45) is 0 Å². The largest absolute Gasteiger partial charge is 0.317 e. The van der Waals surface area contributed by atoms with Gasteiger partial charge in [0.25, 0.3) is 0 Å². The Balaban J connectivity index is 1.89. The van der Waals surface area contributed by atoms with Crippen LogP contribution in [0.15, 0.2) is 30.3 Å². The van der Waals surface area contributed by atoms with E-state index < -0.39 is 0 Å². The van der Waals surface area contributed by atoms with E-state index in [-0.39, 0.29) is 0 Å². The Kier molecular flexibility index (Phi) is 8.27. The van der Waals surface area contributed by atoms with E-state index in [9.17, 15) is 0 Å². The maximum absolute atomic E-state index is 3.43. The molecule has 0 saturated heterocycles. The lowest BCUT2D eigenvalue weighted by molar-refractivity contribution is 0.635. The van der Waals surface area contributed by atoms with Gasteiger partial charge in [0.2, 0.25) is 0 Å². The molecule has 0 aromatic heterocycles. The van der Waals surface area contributed by atoms with Crippen LogP contribution < -0.4 is 5.32 Å². The van der Waals surface area contributed by atoms with Crippen LogP contribution in [0.25, 0.3) is 0 Å². The van der Waals surface area contributed by atoms with Gasteiger partial charge in [0.15, 0.2) is 0 Å². The number of hydrogen-bond donors (Lipinski definition) is 1. The average Bonchev–Trinajstić information content (AvgIpc) is 2.34. The van der Waals surface area contributed by atoms with Gasteiger partial charge in [-0.15, -0.1) is 0 Å². The van der Waals surface area contributed by atoms with E-state index in [4.69, 9.17) is 0 Å². The van der Waals surface area contributed by atoms with E-state index >= 15 is 0 Å². The third kappa shape index (κ3) is 6.91. The summed E-state index contributed by atoms with van der Waals surface area (Å²) in [6, 6.07) is 10.7. The van der Waals surface area contributed by atoms with Crippen LogP contribution in [0.5, 0.6) is 0 Å². The molecule has 1 rings (SSSR count). The number of hydrogen-bond acceptors (Lipinski definition) is 2. The average molecular weight is 237 g/mol. The van der Waals surface area contributed by atoms with Crippen molar-refractivity contribution >= 4 is 11.8 Å². The molecule has 16 heavy (non-hydrogen) atoms. The SMILES string of the molecule is CCCNCCCCSCc1ccccc1. The zero-order valence-corrected chi connectivity index (χ0v) is 11.1. The normalized spacial score (nSPS) is 10.6. The van der Waals surface area contributed by atoms with E-state index in [2.05, 4.69) is 42.6 Å². The van der Waals surface area contributed by atoms with E-state index in [1.807, 2.05) is 11.8 Å². The number of benzene rings is 1. The molecule has 1 aromatic carbocycles. The highest BCUT2D eigenvalue weighted by Crippen LogP contribution is 2.12. The minimum absolute atomic E-state index is 1.16. The molecule has 0 aliphatic carbocycles. The highest BCUT2D eigenvalue weighted by Gasteiger charge is 1.93. The Morgan fingerprint density at radius 1 is 1.06 bits per heavy atom. The Bertz CT molecular complexity index is 248. The first-order chi connectivity index (χ1) is 7.93. The lowest BCUT2D eigenvalue weighted by Crippen LogP contribution is -2.15. The zero-order chi connectivity index (χ0) is 11.5. The summed E-state index contributed by atoms with van der Waals surface area (Å²) in [5.41, 5.74) is 1.44. The third-order valence-electron chi connectivity index (χ3n) is 2.43. The first-order valence-electron chi connectivity index (χ1n) is 6.26. The van der Waals surface area contributed by atoms with Crippen LogP contribution >= 0.6 is 11.8 Å². The molecule has 0 bridgehead atoms. The smallest absolute Gasteiger partial charge is 0.0184 e. The highest BCUT2D eigenvalue weighted by atomic mass is 32.2. The van der Waals surface area contributed by atoms with Crippen LogP contribution in [0, 0.1) is 0 Å². The summed E-state index contributed by atoms with van der Waals surface area (Å²) in [6.45, 7) is 4.56. The topological polar surface area (TPSA) is 12.0 Å². The standard InChI is InChI=1S/C14H23NS/c1-2-10-15-11-6-7-12-16-13-14-8-4-3-5-9-14/h3-5,8-9,15H,2,6-7,10-13H2,1H3. The minimum atomic E-state index is 1.16. The molecule has 0 unspecified atom stereocenters. The lowest BCUT2D eigenvalue weighted by atomic mass is 10.2. The van der Waals surface area contributed by atoms with E-state index in [0.29, 0.717) is 0 Å². The monoisotopic (exact) mass is 237 g/mol. The van der Waals surface area contributed by atoms with Gasteiger partial charge in [0.1, 0.15) is 0 Å². The molecule has 2 heteroatoms. The molecule has 1 N–H and O–H groups in total. The van der Waals surface area contributed by atoms with E-state index in [0.717, 1.165) is 12.3 Å². The molecule has 0 amide bonds. The van der Waals surface area contributed by atoms with Gasteiger partial charge in [-0.25, -0.2) is 0 Å². The maximum atomic E-state index is 3.43. The number of rotatable bonds is 9. The van der Waals surface area contributed by atoms with Crippen LogP contribution in [0.1, 0.15) is 31.7 Å². The third-order valence-corrected chi connectivity index (χ3v) is 3.55. The molecule has 0 fully saturated rings. The Morgan fingerprint density at radius 3 is 2.62 bits per heavy atom. The summed E-state index contributed by atoms with van der Waals surface area (Å²) in [7, 11) is 0. The van der Waals surface area contributed by atoms with Gasteiger partial charge in [0.05, 0.1) is 0 Å². The van der Waals surface area contributed by atoms with Gasteiger partial charge < -0.3 is 5.32 Å². The van der Waals surface area contributed by atoms with Gasteiger partial charge in [-0.3, -0.25) is 0 Å². The molecule has 0 radical (unpaired) electrons. The Labute approximate surface area is 104 Å². The molecular weight excluding hydrogens is 214 g/mol. The number of unbranched alkanes of at least 4 members (excludes halogenated alkanes) is 1. The number of thioether (sulfide) groups is 1. The summed E-state index contributed by atoms with van der Waals surface area (Å²) >= 11 is 2.04. The fourth-order valence-corrected chi connectivity index (χ4v) is 2.50. The molecule has 0 saturated carbocycles. The van der Waals surface area contributed by atoms with Gasteiger partial charge in [0, 0.05) is 5.75 Å². The summed E-state index contributed by atoms with van der Waals surface area (Å²) in [5, 5.41) is 3.43.